The van der Waals surface area contributed by atoms with E-state index in [0.717, 1.165) is 37.2 Å². The summed E-state index contributed by atoms with van der Waals surface area (Å²) in [6, 6.07) is 7.27. The molecule has 1 fully saturated rings. The number of anilines is 1. The van der Waals surface area contributed by atoms with Gasteiger partial charge >= 0.3 is 12.0 Å². The lowest BCUT2D eigenvalue weighted by Gasteiger charge is -2.16. The molecule has 1 aromatic carbocycles. The predicted octanol–water partition coefficient (Wildman–Crippen LogP) is 2.89. The molecule has 0 radical (unpaired) electrons. The first kappa shape index (κ1) is 15.1. The standard InChI is InChI=1S/C16H20N2O3/c1-2-21-15(19)10-7-13-5-8-14(9-6-13)17-16(20)18-11-3-4-12-18/h5-10H,2-4,11-12H2,1H3,(H,17,20). The highest BCUT2D eigenvalue weighted by atomic mass is 16.5. The van der Waals surface area contributed by atoms with Crippen LogP contribution >= 0.6 is 0 Å². The Labute approximate surface area is 124 Å². The molecule has 1 aliphatic heterocycles. The third-order valence-corrected chi connectivity index (χ3v) is 3.25. The number of carbonyl (C=O) groups excluding carboxylic acids is 2. The third-order valence-electron chi connectivity index (χ3n) is 3.25. The summed E-state index contributed by atoms with van der Waals surface area (Å²) in [7, 11) is 0. The van der Waals surface area contributed by atoms with Crippen LogP contribution < -0.4 is 5.32 Å². The maximum absolute atomic E-state index is 11.9. The van der Waals surface area contributed by atoms with E-state index in [-0.39, 0.29) is 12.0 Å². The zero-order valence-corrected chi connectivity index (χ0v) is 12.2. The van der Waals surface area contributed by atoms with Crippen molar-refractivity contribution in [2.45, 2.75) is 19.8 Å². The Kier molecular flexibility index (Phi) is 5.37. The molecule has 1 aliphatic rings. The highest BCUT2D eigenvalue weighted by molar-refractivity contribution is 5.90. The fourth-order valence-electron chi connectivity index (χ4n) is 2.15. The van der Waals surface area contributed by atoms with Crippen molar-refractivity contribution >= 4 is 23.8 Å². The van der Waals surface area contributed by atoms with Crippen molar-refractivity contribution in [2.24, 2.45) is 0 Å². The monoisotopic (exact) mass is 288 g/mol. The summed E-state index contributed by atoms with van der Waals surface area (Å²) < 4.78 is 4.81. The maximum Gasteiger partial charge on any atom is 0.330 e. The quantitative estimate of drug-likeness (QED) is 0.684. The van der Waals surface area contributed by atoms with Crippen LogP contribution in [0.4, 0.5) is 10.5 Å². The minimum atomic E-state index is -0.357. The molecule has 5 heteroatoms. The van der Waals surface area contributed by atoms with Crippen LogP contribution in [-0.4, -0.2) is 36.6 Å². The molecule has 0 saturated carbocycles. The van der Waals surface area contributed by atoms with Gasteiger partial charge in [-0.1, -0.05) is 12.1 Å². The van der Waals surface area contributed by atoms with E-state index in [4.69, 9.17) is 4.74 Å². The second-order valence-electron chi connectivity index (χ2n) is 4.83. The normalized spacial score (nSPS) is 14.4. The van der Waals surface area contributed by atoms with Crippen LogP contribution in [0.3, 0.4) is 0 Å². The predicted molar refractivity (Wildman–Crippen MR) is 81.9 cm³/mol. The van der Waals surface area contributed by atoms with E-state index >= 15 is 0 Å². The highest BCUT2D eigenvalue weighted by Crippen LogP contribution is 2.14. The van der Waals surface area contributed by atoms with Gasteiger partial charge in [0.05, 0.1) is 6.61 Å². The molecule has 1 aromatic rings. The van der Waals surface area contributed by atoms with Gasteiger partial charge in [-0.05, 0) is 43.5 Å². The molecule has 0 spiro atoms. The van der Waals surface area contributed by atoms with Gasteiger partial charge in [0.2, 0.25) is 0 Å². The Hall–Kier alpha value is -2.30. The van der Waals surface area contributed by atoms with Crippen LogP contribution in [0.5, 0.6) is 0 Å². The number of ether oxygens (including phenoxy) is 1. The number of benzene rings is 1. The van der Waals surface area contributed by atoms with Crippen LogP contribution in [0.25, 0.3) is 6.08 Å². The number of esters is 1. The van der Waals surface area contributed by atoms with Crippen molar-refractivity contribution in [1.82, 2.24) is 4.90 Å². The number of nitrogens with zero attached hydrogens (tertiary/aromatic N) is 1. The third kappa shape index (κ3) is 4.63. The summed E-state index contributed by atoms with van der Waals surface area (Å²) in [5.41, 5.74) is 1.63. The summed E-state index contributed by atoms with van der Waals surface area (Å²) >= 11 is 0. The highest BCUT2D eigenvalue weighted by Gasteiger charge is 2.17. The summed E-state index contributed by atoms with van der Waals surface area (Å²) in [5, 5.41) is 2.87. The van der Waals surface area contributed by atoms with Gasteiger partial charge in [0.1, 0.15) is 0 Å². The van der Waals surface area contributed by atoms with E-state index in [9.17, 15) is 9.59 Å². The van der Waals surface area contributed by atoms with Crippen LogP contribution in [-0.2, 0) is 9.53 Å². The maximum atomic E-state index is 11.9. The van der Waals surface area contributed by atoms with Gasteiger partial charge in [0.15, 0.2) is 0 Å². The second-order valence-corrected chi connectivity index (χ2v) is 4.83. The Morgan fingerprint density at radius 3 is 2.52 bits per heavy atom. The average molecular weight is 288 g/mol. The van der Waals surface area contributed by atoms with Crippen LogP contribution in [0.2, 0.25) is 0 Å². The lowest BCUT2D eigenvalue weighted by molar-refractivity contribution is -0.137. The first-order valence-corrected chi connectivity index (χ1v) is 7.20. The first-order valence-electron chi connectivity index (χ1n) is 7.20. The number of rotatable bonds is 4. The number of urea groups is 1. The van der Waals surface area contributed by atoms with E-state index in [1.54, 1.807) is 13.0 Å². The Morgan fingerprint density at radius 1 is 1.24 bits per heavy atom. The zero-order chi connectivity index (χ0) is 15.1. The van der Waals surface area contributed by atoms with Crippen LogP contribution in [0, 0.1) is 0 Å². The van der Waals surface area contributed by atoms with Gasteiger partial charge in [0.25, 0.3) is 0 Å². The van der Waals surface area contributed by atoms with Crippen molar-refractivity contribution in [3.63, 3.8) is 0 Å². The fourth-order valence-corrected chi connectivity index (χ4v) is 2.15. The molecule has 21 heavy (non-hydrogen) atoms. The van der Waals surface area contributed by atoms with Crippen molar-refractivity contribution in [3.05, 3.63) is 35.9 Å². The summed E-state index contributed by atoms with van der Waals surface area (Å²) in [4.78, 5) is 24.9. The van der Waals surface area contributed by atoms with Crippen molar-refractivity contribution in [3.8, 4) is 0 Å². The molecule has 0 bridgehead atoms. The van der Waals surface area contributed by atoms with Crippen molar-refractivity contribution < 1.29 is 14.3 Å². The zero-order valence-electron chi connectivity index (χ0n) is 12.2. The molecule has 1 saturated heterocycles. The van der Waals surface area contributed by atoms with Gasteiger partial charge in [-0.25, -0.2) is 9.59 Å². The number of hydrogen-bond donors (Lipinski definition) is 1. The molecule has 5 nitrogen and oxygen atoms in total. The van der Waals surface area contributed by atoms with E-state index in [1.807, 2.05) is 29.2 Å². The molecule has 2 rings (SSSR count). The Balaban J connectivity index is 1.89. The molecule has 0 aliphatic carbocycles. The fraction of sp³-hybridized carbons (Fsp3) is 0.375. The number of hydrogen-bond acceptors (Lipinski definition) is 3. The largest absolute Gasteiger partial charge is 0.463 e. The SMILES string of the molecule is CCOC(=O)C=Cc1ccc(NC(=O)N2CCCC2)cc1. The smallest absolute Gasteiger partial charge is 0.330 e. The van der Waals surface area contributed by atoms with E-state index in [1.165, 1.54) is 6.08 Å². The van der Waals surface area contributed by atoms with E-state index in [2.05, 4.69) is 5.32 Å². The van der Waals surface area contributed by atoms with E-state index < -0.39 is 0 Å². The number of carbonyl (C=O) groups is 2. The topological polar surface area (TPSA) is 58.6 Å². The van der Waals surface area contributed by atoms with Crippen molar-refractivity contribution in [2.75, 3.05) is 25.0 Å². The van der Waals surface area contributed by atoms with Crippen LogP contribution in [0.15, 0.2) is 30.3 Å². The molecule has 112 valence electrons. The molecule has 0 unspecified atom stereocenters. The molecule has 0 aromatic heterocycles. The summed E-state index contributed by atoms with van der Waals surface area (Å²) in [5.74, 6) is -0.357. The lowest BCUT2D eigenvalue weighted by atomic mass is 10.2. The molecular weight excluding hydrogens is 268 g/mol. The number of likely N-dealkylation sites (tertiary alicyclic amines) is 1. The van der Waals surface area contributed by atoms with Gasteiger partial charge in [-0.3, -0.25) is 0 Å². The van der Waals surface area contributed by atoms with Gasteiger partial charge < -0.3 is 15.0 Å². The lowest BCUT2D eigenvalue weighted by Crippen LogP contribution is -2.32. The first-order chi connectivity index (χ1) is 10.2. The number of nitrogens with one attached hydrogen (secondary N) is 1. The minimum Gasteiger partial charge on any atom is -0.463 e. The molecule has 0 atom stereocenters. The van der Waals surface area contributed by atoms with Gasteiger partial charge in [0, 0.05) is 24.9 Å². The second kappa shape index (κ2) is 7.47. The van der Waals surface area contributed by atoms with Gasteiger partial charge in [-0.2, -0.15) is 0 Å². The Bertz CT molecular complexity index is 517. The molecule has 1 heterocycles. The van der Waals surface area contributed by atoms with Gasteiger partial charge in [-0.15, -0.1) is 0 Å². The van der Waals surface area contributed by atoms with Crippen LogP contribution in [0.1, 0.15) is 25.3 Å². The Morgan fingerprint density at radius 2 is 1.90 bits per heavy atom. The minimum absolute atomic E-state index is 0.0534. The summed E-state index contributed by atoms with van der Waals surface area (Å²) in [6.07, 6.45) is 5.22. The summed E-state index contributed by atoms with van der Waals surface area (Å²) in [6.45, 7) is 3.78. The van der Waals surface area contributed by atoms with E-state index in [0.29, 0.717) is 6.61 Å². The molecule has 2 amide bonds. The number of amides is 2. The molecule has 1 N–H and O–H groups in total. The average Bonchev–Trinajstić information content (AvgIpc) is 3.01. The van der Waals surface area contributed by atoms with Crippen molar-refractivity contribution in [1.29, 1.82) is 0 Å². The molecular formula is C16H20N2O3.